The first kappa shape index (κ1) is 15.6. The van der Waals surface area contributed by atoms with Gasteiger partial charge in [-0.2, -0.15) is 5.10 Å². The predicted molar refractivity (Wildman–Crippen MR) is 84.5 cm³/mol. The summed E-state index contributed by atoms with van der Waals surface area (Å²) in [5.74, 6) is 1.97. The van der Waals surface area contributed by atoms with Crippen molar-refractivity contribution in [2.75, 3.05) is 13.1 Å². The summed E-state index contributed by atoms with van der Waals surface area (Å²) in [5, 5.41) is 7.15. The summed E-state index contributed by atoms with van der Waals surface area (Å²) in [5.41, 5.74) is 0.549. The van der Waals surface area contributed by atoms with Crippen molar-refractivity contribution in [3.63, 3.8) is 0 Å². The number of hydrogen-bond acceptors (Lipinski definition) is 3. The van der Waals surface area contributed by atoms with E-state index < -0.39 is 0 Å². The largest absolute Gasteiger partial charge is 0.339 e. The van der Waals surface area contributed by atoms with Gasteiger partial charge >= 0.3 is 0 Å². The van der Waals surface area contributed by atoms with E-state index in [9.17, 15) is 9.18 Å². The average Bonchev–Trinajstić information content (AvgIpc) is 3.03. The number of amides is 1. The Kier molecular flexibility index (Phi) is 4.69. The van der Waals surface area contributed by atoms with Crippen LogP contribution < -0.4 is 0 Å². The van der Waals surface area contributed by atoms with Crippen LogP contribution in [0.5, 0.6) is 0 Å². The summed E-state index contributed by atoms with van der Waals surface area (Å²) in [6, 6.07) is 5.75. The van der Waals surface area contributed by atoms with Crippen LogP contribution in [0.1, 0.15) is 41.8 Å². The lowest BCUT2D eigenvalue weighted by Gasteiger charge is -2.31. The Morgan fingerprint density at radius 1 is 1.30 bits per heavy atom. The fourth-order valence-corrected chi connectivity index (χ4v) is 2.97. The molecule has 23 heavy (non-hydrogen) atoms. The smallest absolute Gasteiger partial charge is 0.253 e. The molecule has 1 amide bonds. The monoisotopic (exact) mass is 316 g/mol. The van der Waals surface area contributed by atoms with E-state index in [0.717, 1.165) is 50.4 Å². The molecule has 5 nitrogen and oxygen atoms in total. The van der Waals surface area contributed by atoms with Crippen molar-refractivity contribution in [3.8, 4) is 0 Å². The van der Waals surface area contributed by atoms with E-state index in [2.05, 4.69) is 15.2 Å². The zero-order valence-electron chi connectivity index (χ0n) is 13.3. The quantitative estimate of drug-likeness (QED) is 0.943. The first-order chi connectivity index (χ1) is 11.2. The summed E-state index contributed by atoms with van der Waals surface area (Å²) >= 11 is 0. The standard InChI is InChI=1S/C17H21FN4O/c1-2-15-19-16(21-20-15)11-12-7-9-22(10-8-12)17(23)13-3-5-14(18)6-4-13/h3-6,12H,2,7-11H2,1H3,(H,19,20,21). The highest BCUT2D eigenvalue weighted by Crippen LogP contribution is 2.22. The molecule has 1 aliphatic rings. The fraction of sp³-hybridized carbons (Fsp3) is 0.471. The summed E-state index contributed by atoms with van der Waals surface area (Å²) < 4.78 is 12.9. The Balaban J connectivity index is 1.53. The third-order valence-corrected chi connectivity index (χ3v) is 4.37. The van der Waals surface area contributed by atoms with E-state index in [0.29, 0.717) is 11.5 Å². The van der Waals surface area contributed by atoms with Gasteiger partial charge in [-0.25, -0.2) is 9.37 Å². The number of rotatable bonds is 4. The number of halogens is 1. The number of nitrogens with one attached hydrogen (secondary N) is 1. The first-order valence-electron chi connectivity index (χ1n) is 8.10. The molecule has 1 fully saturated rings. The van der Waals surface area contributed by atoms with Crippen LogP contribution in [0.4, 0.5) is 4.39 Å². The highest BCUT2D eigenvalue weighted by Gasteiger charge is 2.24. The maximum atomic E-state index is 12.9. The molecule has 2 aromatic rings. The van der Waals surface area contributed by atoms with Gasteiger partial charge in [0, 0.05) is 31.5 Å². The number of aromatic nitrogens is 3. The van der Waals surface area contributed by atoms with Crippen LogP contribution in [0.25, 0.3) is 0 Å². The normalized spacial score (nSPS) is 15.8. The maximum absolute atomic E-state index is 12.9. The van der Waals surface area contributed by atoms with Crippen LogP contribution in [-0.2, 0) is 12.8 Å². The van der Waals surface area contributed by atoms with Gasteiger partial charge in [0.25, 0.3) is 5.91 Å². The van der Waals surface area contributed by atoms with Gasteiger partial charge in [0.1, 0.15) is 17.5 Å². The van der Waals surface area contributed by atoms with Gasteiger partial charge in [0.15, 0.2) is 0 Å². The van der Waals surface area contributed by atoms with Gasteiger partial charge in [0.2, 0.25) is 0 Å². The molecule has 0 unspecified atom stereocenters. The van der Waals surface area contributed by atoms with Gasteiger partial charge < -0.3 is 4.90 Å². The number of aryl methyl sites for hydroxylation is 1. The Bertz CT molecular complexity index is 659. The average molecular weight is 316 g/mol. The Hall–Kier alpha value is -2.24. The Morgan fingerprint density at radius 2 is 2.00 bits per heavy atom. The highest BCUT2D eigenvalue weighted by molar-refractivity contribution is 5.94. The number of carbonyl (C=O) groups excluding carboxylic acids is 1. The lowest BCUT2D eigenvalue weighted by Crippen LogP contribution is -2.39. The molecular formula is C17H21FN4O. The van der Waals surface area contributed by atoms with E-state index in [4.69, 9.17) is 0 Å². The summed E-state index contributed by atoms with van der Waals surface area (Å²) in [6.45, 7) is 3.50. The second-order valence-electron chi connectivity index (χ2n) is 6.00. The predicted octanol–water partition coefficient (Wildman–Crippen LogP) is 2.60. The van der Waals surface area contributed by atoms with Gasteiger partial charge in [-0.15, -0.1) is 0 Å². The molecule has 0 aliphatic carbocycles. The van der Waals surface area contributed by atoms with Crippen LogP contribution in [0, 0.1) is 11.7 Å². The third kappa shape index (κ3) is 3.75. The zero-order valence-corrected chi connectivity index (χ0v) is 13.3. The lowest BCUT2D eigenvalue weighted by atomic mass is 9.93. The minimum absolute atomic E-state index is 0.0172. The van der Waals surface area contributed by atoms with Crippen LogP contribution in [0.15, 0.2) is 24.3 Å². The molecule has 0 radical (unpaired) electrons. The molecule has 3 rings (SSSR count). The van der Waals surface area contributed by atoms with Crippen molar-refractivity contribution >= 4 is 5.91 Å². The number of likely N-dealkylation sites (tertiary alicyclic amines) is 1. The Labute approximate surface area is 134 Å². The maximum Gasteiger partial charge on any atom is 0.253 e. The molecule has 1 saturated heterocycles. The molecule has 0 saturated carbocycles. The molecule has 122 valence electrons. The van der Waals surface area contributed by atoms with E-state index >= 15 is 0 Å². The van der Waals surface area contributed by atoms with E-state index in [1.54, 1.807) is 12.1 Å². The molecule has 1 aliphatic heterocycles. The second kappa shape index (κ2) is 6.89. The number of aromatic amines is 1. The number of H-pyrrole nitrogens is 1. The van der Waals surface area contributed by atoms with E-state index in [1.807, 2.05) is 11.8 Å². The minimum atomic E-state index is -0.321. The topological polar surface area (TPSA) is 61.9 Å². The van der Waals surface area contributed by atoms with Crippen LogP contribution in [0.3, 0.4) is 0 Å². The number of hydrogen-bond donors (Lipinski definition) is 1. The minimum Gasteiger partial charge on any atom is -0.339 e. The van der Waals surface area contributed by atoms with E-state index in [-0.39, 0.29) is 11.7 Å². The highest BCUT2D eigenvalue weighted by atomic mass is 19.1. The molecule has 0 bridgehead atoms. The zero-order chi connectivity index (χ0) is 16.2. The van der Waals surface area contributed by atoms with Crippen molar-refractivity contribution in [1.82, 2.24) is 20.1 Å². The summed E-state index contributed by atoms with van der Waals surface area (Å²) in [7, 11) is 0. The van der Waals surface area contributed by atoms with Gasteiger partial charge in [-0.1, -0.05) is 6.92 Å². The van der Waals surface area contributed by atoms with Crippen molar-refractivity contribution in [3.05, 3.63) is 47.3 Å². The number of nitrogens with zero attached hydrogens (tertiary/aromatic N) is 3. The molecule has 1 aromatic carbocycles. The number of carbonyl (C=O) groups is 1. The molecule has 0 atom stereocenters. The first-order valence-corrected chi connectivity index (χ1v) is 8.10. The fourth-order valence-electron chi connectivity index (χ4n) is 2.97. The lowest BCUT2D eigenvalue weighted by molar-refractivity contribution is 0.0690. The third-order valence-electron chi connectivity index (χ3n) is 4.37. The second-order valence-corrected chi connectivity index (χ2v) is 6.00. The van der Waals surface area contributed by atoms with Crippen molar-refractivity contribution in [2.24, 2.45) is 5.92 Å². The van der Waals surface area contributed by atoms with Crippen molar-refractivity contribution in [1.29, 1.82) is 0 Å². The number of piperidine rings is 1. The molecule has 1 aromatic heterocycles. The Morgan fingerprint density at radius 3 is 2.61 bits per heavy atom. The van der Waals surface area contributed by atoms with Crippen LogP contribution in [-0.4, -0.2) is 39.1 Å². The van der Waals surface area contributed by atoms with Crippen LogP contribution in [0.2, 0.25) is 0 Å². The molecule has 0 spiro atoms. The van der Waals surface area contributed by atoms with Gasteiger partial charge in [-0.05, 0) is 43.0 Å². The summed E-state index contributed by atoms with van der Waals surface area (Å²) in [4.78, 5) is 18.7. The summed E-state index contributed by atoms with van der Waals surface area (Å²) in [6.07, 6.45) is 3.62. The molecule has 2 heterocycles. The molecular weight excluding hydrogens is 295 g/mol. The molecule has 6 heteroatoms. The molecule has 1 N–H and O–H groups in total. The van der Waals surface area contributed by atoms with E-state index in [1.165, 1.54) is 12.1 Å². The number of benzene rings is 1. The van der Waals surface area contributed by atoms with Gasteiger partial charge in [-0.3, -0.25) is 9.89 Å². The van der Waals surface area contributed by atoms with Gasteiger partial charge in [0.05, 0.1) is 0 Å². The van der Waals surface area contributed by atoms with Crippen molar-refractivity contribution in [2.45, 2.75) is 32.6 Å². The SMILES string of the molecule is CCc1n[nH]c(CC2CCN(C(=O)c3ccc(F)cc3)CC2)n1. The van der Waals surface area contributed by atoms with Crippen molar-refractivity contribution < 1.29 is 9.18 Å². The van der Waals surface area contributed by atoms with Crippen LogP contribution >= 0.6 is 0 Å².